The molecule has 0 unspecified atom stereocenters. The van der Waals surface area contributed by atoms with Gasteiger partial charge in [-0.25, -0.2) is 10.9 Å². The summed E-state index contributed by atoms with van der Waals surface area (Å²) < 4.78 is 0. The van der Waals surface area contributed by atoms with Crippen LogP contribution in [0.15, 0.2) is 0 Å². The van der Waals surface area contributed by atoms with Crippen molar-refractivity contribution in [3.05, 3.63) is 0 Å². The minimum atomic E-state index is 0. The van der Waals surface area contributed by atoms with E-state index in [0.717, 1.165) is 13.1 Å². The SMILES string of the molecule is C1CCCCCNNNNCCCC1.[Cl-].[Cl-].[Fe+2]. The Morgan fingerprint density at radius 2 is 0.765 bits per heavy atom. The third-order valence-corrected chi connectivity index (χ3v) is 2.59. The molecule has 1 aliphatic rings. The van der Waals surface area contributed by atoms with E-state index in [9.17, 15) is 0 Å². The van der Waals surface area contributed by atoms with Gasteiger partial charge in [0.05, 0.1) is 0 Å². The summed E-state index contributed by atoms with van der Waals surface area (Å²) in [5.74, 6) is 0. The normalized spacial score (nSPS) is 19.8. The summed E-state index contributed by atoms with van der Waals surface area (Å²) in [7, 11) is 0. The molecule has 0 atom stereocenters. The zero-order chi connectivity index (χ0) is 9.90. The summed E-state index contributed by atoms with van der Waals surface area (Å²) in [6, 6.07) is 0. The van der Waals surface area contributed by atoms with E-state index in [4.69, 9.17) is 0 Å². The standard InChI is InChI=1S/C10H24N4.2ClH.Fe/c1-2-4-6-8-10-12-14-13-11-9-7-5-3-1;;;/h11-14H,1-10H2;2*1H;/q;;;+2/p-2. The van der Waals surface area contributed by atoms with Crippen LogP contribution in [0.4, 0.5) is 0 Å². The van der Waals surface area contributed by atoms with E-state index >= 15 is 0 Å². The topological polar surface area (TPSA) is 48.1 Å². The Labute approximate surface area is 128 Å². The number of halogens is 2. The van der Waals surface area contributed by atoms with Crippen molar-refractivity contribution in [2.75, 3.05) is 13.1 Å². The fraction of sp³-hybridized carbons (Fsp3) is 1.00. The van der Waals surface area contributed by atoms with E-state index in [2.05, 4.69) is 21.9 Å². The average Bonchev–Trinajstić information content (AvgIpc) is 2.22. The predicted molar refractivity (Wildman–Crippen MR) is 59.2 cm³/mol. The van der Waals surface area contributed by atoms with Crippen LogP contribution in [0.5, 0.6) is 0 Å². The van der Waals surface area contributed by atoms with Gasteiger partial charge in [-0.2, -0.15) is 11.1 Å². The second-order valence-corrected chi connectivity index (χ2v) is 3.93. The molecule has 0 amide bonds. The molecule has 7 heteroatoms. The largest absolute Gasteiger partial charge is 2.00 e. The van der Waals surface area contributed by atoms with E-state index in [1.54, 1.807) is 0 Å². The minimum absolute atomic E-state index is 0. The first-order valence-electron chi connectivity index (χ1n) is 5.96. The van der Waals surface area contributed by atoms with Gasteiger partial charge in [0.1, 0.15) is 0 Å². The Morgan fingerprint density at radius 1 is 0.471 bits per heavy atom. The van der Waals surface area contributed by atoms with Crippen molar-refractivity contribution in [1.29, 1.82) is 0 Å². The average molecular weight is 327 g/mol. The van der Waals surface area contributed by atoms with Crippen LogP contribution in [0, 0.1) is 0 Å². The first-order valence-corrected chi connectivity index (χ1v) is 5.96. The Kier molecular flexibility index (Phi) is 26.2. The van der Waals surface area contributed by atoms with Crippen LogP contribution in [0.2, 0.25) is 0 Å². The third-order valence-electron chi connectivity index (χ3n) is 2.59. The maximum atomic E-state index is 3.12. The second-order valence-electron chi connectivity index (χ2n) is 3.93. The summed E-state index contributed by atoms with van der Waals surface area (Å²) in [5.41, 5.74) is 12.1. The summed E-state index contributed by atoms with van der Waals surface area (Å²) >= 11 is 0. The molecule has 1 fully saturated rings. The van der Waals surface area contributed by atoms with Crippen molar-refractivity contribution < 1.29 is 41.9 Å². The smallest absolute Gasteiger partial charge is 1.00 e. The van der Waals surface area contributed by atoms with Gasteiger partial charge >= 0.3 is 17.1 Å². The van der Waals surface area contributed by atoms with Gasteiger partial charge in [0, 0.05) is 13.1 Å². The van der Waals surface area contributed by atoms with Crippen molar-refractivity contribution in [1.82, 2.24) is 21.9 Å². The molecule has 1 saturated heterocycles. The summed E-state index contributed by atoms with van der Waals surface area (Å²) in [5, 5.41) is 0. The third kappa shape index (κ3) is 16.9. The van der Waals surface area contributed by atoms with Gasteiger partial charge in [0.2, 0.25) is 0 Å². The number of nitrogens with one attached hydrogen (secondary N) is 4. The zero-order valence-electron chi connectivity index (χ0n) is 10.2. The van der Waals surface area contributed by atoms with Gasteiger partial charge in [-0.05, 0) is 12.8 Å². The first-order chi connectivity index (χ1) is 7.00. The number of rotatable bonds is 0. The quantitative estimate of drug-likeness (QED) is 0.338. The molecule has 0 saturated carbocycles. The molecule has 106 valence electrons. The van der Waals surface area contributed by atoms with Crippen molar-refractivity contribution in [2.45, 2.75) is 51.4 Å². The van der Waals surface area contributed by atoms with E-state index in [-0.39, 0.29) is 41.9 Å². The van der Waals surface area contributed by atoms with Gasteiger partial charge < -0.3 is 24.8 Å². The predicted octanol–water partition coefficient (Wildman–Crippen LogP) is -4.77. The van der Waals surface area contributed by atoms with Crippen LogP contribution in [0.25, 0.3) is 0 Å². The molecule has 0 radical (unpaired) electrons. The Morgan fingerprint density at radius 3 is 1.12 bits per heavy atom. The summed E-state index contributed by atoms with van der Waals surface area (Å²) in [4.78, 5) is 0. The fourth-order valence-corrected chi connectivity index (χ4v) is 1.70. The van der Waals surface area contributed by atoms with Crippen LogP contribution in [-0.4, -0.2) is 13.1 Å². The molecule has 0 bridgehead atoms. The van der Waals surface area contributed by atoms with E-state index < -0.39 is 0 Å². The van der Waals surface area contributed by atoms with Crippen LogP contribution in [-0.2, 0) is 17.1 Å². The molecule has 4 N–H and O–H groups in total. The molecular formula is C10H24Cl2FeN4. The second kappa shape index (κ2) is 19.3. The van der Waals surface area contributed by atoms with Gasteiger partial charge in [-0.15, -0.1) is 0 Å². The van der Waals surface area contributed by atoms with E-state index in [1.807, 2.05) is 0 Å². The molecule has 1 rings (SSSR count). The molecule has 17 heavy (non-hydrogen) atoms. The maximum absolute atomic E-state index is 3.12. The summed E-state index contributed by atoms with van der Waals surface area (Å²) in [6.07, 6.45) is 10.8. The summed E-state index contributed by atoms with van der Waals surface area (Å²) in [6.45, 7) is 2.07. The van der Waals surface area contributed by atoms with Crippen LogP contribution in [0.3, 0.4) is 0 Å². The molecule has 0 aliphatic carbocycles. The van der Waals surface area contributed by atoms with Crippen molar-refractivity contribution in [3.63, 3.8) is 0 Å². The Hall–Kier alpha value is 0.939. The Bertz CT molecular complexity index is 79.6. The Balaban J connectivity index is -0.000000653. The number of hydrogen-bond donors (Lipinski definition) is 4. The minimum Gasteiger partial charge on any atom is -1.00 e. The van der Waals surface area contributed by atoms with E-state index in [1.165, 1.54) is 51.4 Å². The monoisotopic (exact) mass is 326 g/mol. The molecule has 1 aliphatic heterocycles. The van der Waals surface area contributed by atoms with Crippen molar-refractivity contribution >= 4 is 0 Å². The van der Waals surface area contributed by atoms with Crippen LogP contribution >= 0.6 is 0 Å². The molecule has 0 aromatic carbocycles. The van der Waals surface area contributed by atoms with Crippen molar-refractivity contribution in [2.24, 2.45) is 0 Å². The number of hydrogen-bond acceptors (Lipinski definition) is 4. The van der Waals surface area contributed by atoms with Crippen molar-refractivity contribution in [3.8, 4) is 0 Å². The zero-order valence-corrected chi connectivity index (χ0v) is 12.8. The van der Waals surface area contributed by atoms with Gasteiger partial charge in [0.25, 0.3) is 0 Å². The molecule has 0 aromatic rings. The molecule has 4 nitrogen and oxygen atoms in total. The van der Waals surface area contributed by atoms with Gasteiger partial charge in [-0.1, -0.05) is 38.5 Å². The molecule has 0 spiro atoms. The maximum Gasteiger partial charge on any atom is 2.00 e. The van der Waals surface area contributed by atoms with Crippen LogP contribution < -0.4 is 46.7 Å². The van der Waals surface area contributed by atoms with Crippen LogP contribution in [0.1, 0.15) is 51.4 Å². The molecular weight excluding hydrogens is 303 g/mol. The number of hydrazine groups is 3. The molecule has 0 aromatic heterocycles. The van der Waals surface area contributed by atoms with Gasteiger partial charge in [-0.3, -0.25) is 0 Å². The first kappa shape index (κ1) is 23.1. The van der Waals surface area contributed by atoms with Gasteiger partial charge in [0.15, 0.2) is 0 Å². The fourth-order valence-electron chi connectivity index (χ4n) is 1.70. The molecule has 1 heterocycles. The van der Waals surface area contributed by atoms with E-state index in [0.29, 0.717) is 0 Å².